The number of sulfonamides is 1. The molecule has 1 fully saturated rings. The van der Waals surface area contributed by atoms with E-state index < -0.39 is 10.0 Å². The molecule has 0 aliphatic carbocycles. The molecule has 1 aliphatic rings. The van der Waals surface area contributed by atoms with Crippen LogP contribution in [0.2, 0.25) is 0 Å². The summed E-state index contributed by atoms with van der Waals surface area (Å²) < 4.78 is 30.7. The molecule has 1 aliphatic heterocycles. The van der Waals surface area contributed by atoms with Crippen molar-refractivity contribution in [1.82, 2.24) is 13.9 Å². The van der Waals surface area contributed by atoms with E-state index in [0.29, 0.717) is 18.0 Å². The van der Waals surface area contributed by atoms with Gasteiger partial charge in [0, 0.05) is 29.4 Å². The SMILES string of the molecule is CC(C)n1c(SCc2ccc(Br)cc2)nc2cc(S(=O)(=O)N3CCCC3)ccc21. The maximum atomic E-state index is 12.9. The third kappa shape index (κ3) is 4.26. The first-order valence-corrected chi connectivity index (χ1v) is 13.0. The van der Waals surface area contributed by atoms with E-state index in [0.717, 1.165) is 39.3 Å². The number of imidazole rings is 1. The molecular weight excluding hydrogens is 470 g/mol. The molecule has 0 bridgehead atoms. The highest BCUT2D eigenvalue weighted by atomic mass is 79.9. The molecule has 0 atom stereocenters. The van der Waals surface area contributed by atoms with Gasteiger partial charge in [-0.1, -0.05) is 39.8 Å². The molecule has 29 heavy (non-hydrogen) atoms. The van der Waals surface area contributed by atoms with Gasteiger partial charge >= 0.3 is 0 Å². The van der Waals surface area contributed by atoms with Crippen LogP contribution >= 0.6 is 27.7 Å². The van der Waals surface area contributed by atoms with E-state index in [-0.39, 0.29) is 6.04 Å². The van der Waals surface area contributed by atoms with Crippen molar-refractivity contribution >= 4 is 48.7 Å². The van der Waals surface area contributed by atoms with E-state index in [4.69, 9.17) is 4.98 Å². The smallest absolute Gasteiger partial charge is 0.243 e. The quantitative estimate of drug-likeness (QED) is 0.428. The van der Waals surface area contributed by atoms with Crippen LogP contribution in [-0.2, 0) is 15.8 Å². The molecule has 4 rings (SSSR count). The van der Waals surface area contributed by atoms with E-state index in [1.165, 1.54) is 5.56 Å². The van der Waals surface area contributed by atoms with Gasteiger partial charge in [0.05, 0.1) is 15.9 Å². The summed E-state index contributed by atoms with van der Waals surface area (Å²) in [6.07, 6.45) is 1.86. The Bertz CT molecular complexity index is 1120. The molecule has 8 heteroatoms. The maximum Gasteiger partial charge on any atom is 0.243 e. The number of halogens is 1. The van der Waals surface area contributed by atoms with Gasteiger partial charge in [-0.2, -0.15) is 4.31 Å². The van der Waals surface area contributed by atoms with Gasteiger partial charge in [0.2, 0.25) is 10.0 Å². The monoisotopic (exact) mass is 493 g/mol. The van der Waals surface area contributed by atoms with Gasteiger partial charge in [-0.3, -0.25) is 0 Å². The molecule has 0 saturated carbocycles. The van der Waals surface area contributed by atoms with E-state index in [9.17, 15) is 8.42 Å². The van der Waals surface area contributed by atoms with E-state index in [1.54, 1.807) is 28.2 Å². The van der Waals surface area contributed by atoms with E-state index in [1.807, 2.05) is 18.2 Å². The van der Waals surface area contributed by atoms with Crippen LogP contribution in [0.25, 0.3) is 11.0 Å². The van der Waals surface area contributed by atoms with E-state index in [2.05, 4.69) is 46.5 Å². The third-order valence-electron chi connectivity index (χ3n) is 5.13. The largest absolute Gasteiger partial charge is 0.316 e. The van der Waals surface area contributed by atoms with Crippen molar-refractivity contribution in [1.29, 1.82) is 0 Å². The Kier molecular flexibility index (Phi) is 6.06. The number of aromatic nitrogens is 2. The second-order valence-corrected chi connectivity index (χ2v) is 11.3. The lowest BCUT2D eigenvalue weighted by Gasteiger charge is -2.16. The number of thioether (sulfide) groups is 1. The zero-order valence-corrected chi connectivity index (χ0v) is 19.7. The first-order valence-electron chi connectivity index (χ1n) is 9.75. The Labute approximate surface area is 184 Å². The minimum atomic E-state index is -3.44. The maximum absolute atomic E-state index is 12.9. The summed E-state index contributed by atoms with van der Waals surface area (Å²) in [4.78, 5) is 5.14. The van der Waals surface area contributed by atoms with Gasteiger partial charge < -0.3 is 4.57 Å². The second-order valence-electron chi connectivity index (χ2n) is 7.53. The van der Waals surface area contributed by atoms with Gasteiger partial charge in [0.15, 0.2) is 5.16 Å². The fourth-order valence-corrected chi connectivity index (χ4v) is 6.53. The van der Waals surface area contributed by atoms with Crippen LogP contribution in [0.3, 0.4) is 0 Å². The molecule has 0 amide bonds. The van der Waals surface area contributed by atoms with Crippen LogP contribution in [0, 0.1) is 0 Å². The molecule has 2 heterocycles. The molecule has 3 aromatic rings. The van der Waals surface area contributed by atoms with E-state index >= 15 is 0 Å². The highest BCUT2D eigenvalue weighted by Gasteiger charge is 2.28. The summed E-state index contributed by atoms with van der Waals surface area (Å²) in [6.45, 7) is 5.46. The molecule has 1 saturated heterocycles. The average Bonchev–Trinajstić information content (AvgIpc) is 3.35. The first kappa shape index (κ1) is 20.9. The lowest BCUT2D eigenvalue weighted by Crippen LogP contribution is -2.27. The summed E-state index contributed by atoms with van der Waals surface area (Å²) in [5.41, 5.74) is 2.92. The number of hydrogen-bond donors (Lipinski definition) is 0. The van der Waals surface area contributed by atoms with Crippen molar-refractivity contribution in [3.8, 4) is 0 Å². The summed E-state index contributed by atoms with van der Waals surface area (Å²) >= 11 is 5.14. The van der Waals surface area contributed by atoms with Crippen molar-refractivity contribution in [2.24, 2.45) is 0 Å². The molecule has 2 aromatic carbocycles. The summed E-state index contributed by atoms with van der Waals surface area (Å²) in [6, 6.07) is 13.8. The van der Waals surface area contributed by atoms with Crippen molar-refractivity contribution in [3.63, 3.8) is 0 Å². The highest BCUT2D eigenvalue weighted by Crippen LogP contribution is 2.32. The van der Waals surface area contributed by atoms with Crippen molar-refractivity contribution in [3.05, 3.63) is 52.5 Å². The lowest BCUT2D eigenvalue weighted by atomic mass is 10.2. The van der Waals surface area contributed by atoms with Crippen LogP contribution in [0.5, 0.6) is 0 Å². The van der Waals surface area contributed by atoms with Gasteiger partial charge in [-0.15, -0.1) is 0 Å². The van der Waals surface area contributed by atoms with Crippen LogP contribution in [0.1, 0.15) is 38.3 Å². The molecule has 154 valence electrons. The number of benzene rings is 2. The van der Waals surface area contributed by atoms with Crippen molar-refractivity contribution in [2.75, 3.05) is 13.1 Å². The minimum Gasteiger partial charge on any atom is -0.316 e. The highest BCUT2D eigenvalue weighted by molar-refractivity contribution is 9.10. The predicted molar refractivity (Wildman–Crippen MR) is 122 cm³/mol. The Morgan fingerprint density at radius 1 is 1.10 bits per heavy atom. The standard InChI is InChI=1S/C21H24BrN3O2S2/c1-15(2)25-20-10-9-18(29(26,27)24-11-3-4-12-24)13-19(20)23-21(25)28-14-16-5-7-17(22)8-6-16/h5-10,13,15H,3-4,11-12,14H2,1-2H3. The zero-order chi connectivity index (χ0) is 20.6. The minimum absolute atomic E-state index is 0.230. The van der Waals surface area contributed by atoms with Crippen LogP contribution in [0.4, 0.5) is 0 Å². The van der Waals surface area contributed by atoms with Gasteiger partial charge in [-0.25, -0.2) is 13.4 Å². The fourth-order valence-electron chi connectivity index (χ4n) is 3.62. The fraction of sp³-hybridized carbons (Fsp3) is 0.381. The van der Waals surface area contributed by atoms with Gasteiger partial charge in [0.1, 0.15) is 0 Å². The molecule has 0 spiro atoms. The topological polar surface area (TPSA) is 55.2 Å². The molecule has 1 aromatic heterocycles. The number of nitrogens with zero attached hydrogens (tertiary/aromatic N) is 3. The molecular formula is C21H24BrN3O2S2. The van der Waals surface area contributed by atoms with Crippen LogP contribution < -0.4 is 0 Å². The Morgan fingerprint density at radius 2 is 1.79 bits per heavy atom. The lowest BCUT2D eigenvalue weighted by molar-refractivity contribution is 0.477. The Morgan fingerprint density at radius 3 is 2.45 bits per heavy atom. The normalized spacial score (nSPS) is 15.6. The summed E-state index contributed by atoms with van der Waals surface area (Å²) in [5.74, 6) is 0.808. The van der Waals surface area contributed by atoms with Crippen LogP contribution in [0.15, 0.2) is 57.0 Å². The number of rotatable bonds is 6. The summed E-state index contributed by atoms with van der Waals surface area (Å²) in [7, 11) is -3.44. The number of hydrogen-bond acceptors (Lipinski definition) is 4. The zero-order valence-electron chi connectivity index (χ0n) is 16.5. The molecule has 0 radical (unpaired) electrons. The first-order chi connectivity index (χ1) is 13.9. The third-order valence-corrected chi connectivity index (χ3v) is 8.58. The second kappa shape index (κ2) is 8.41. The average molecular weight is 494 g/mol. The number of fused-ring (bicyclic) bond motifs is 1. The predicted octanol–water partition coefficient (Wildman–Crippen LogP) is 5.46. The van der Waals surface area contributed by atoms with Crippen LogP contribution in [-0.4, -0.2) is 35.4 Å². The molecule has 5 nitrogen and oxygen atoms in total. The van der Waals surface area contributed by atoms with Gasteiger partial charge in [0.25, 0.3) is 0 Å². The Hall–Kier alpha value is -1.35. The molecule has 0 unspecified atom stereocenters. The summed E-state index contributed by atoms with van der Waals surface area (Å²) in [5, 5.41) is 0.911. The molecule has 0 N–H and O–H groups in total. The van der Waals surface area contributed by atoms with Crippen molar-refractivity contribution < 1.29 is 8.42 Å². The van der Waals surface area contributed by atoms with Gasteiger partial charge in [-0.05, 0) is 62.6 Å². The van der Waals surface area contributed by atoms with Crippen molar-refractivity contribution in [2.45, 2.75) is 48.5 Å². The Balaban J connectivity index is 1.67.